The van der Waals surface area contributed by atoms with E-state index in [0.29, 0.717) is 37.7 Å². The average Bonchev–Trinajstić information content (AvgIpc) is 2.90. The van der Waals surface area contributed by atoms with Crippen LogP contribution in [0.2, 0.25) is 0 Å². The van der Waals surface area contributed by atoms with E-state index in [-0.39, 0.29) is 17.3 Å². The van der Waals surface area contributed by atoms with Crippen LogP contribution in [0.4, 0.5) is 23.0 Å². The molecule has 9 nitrogen and oxygen atoms in total. The largest absolute Gasteiger partial charge is 0.491 e. The van der Waals surface area contributed by atoms with E-state index in [4.69, 9.17) is 9.47 Å². The van der Waals surface area contributed by atoms with Gasteiger partial charge >= 0.3 is 5.69 Å². The summed E-state index contributed by atoms with van der Waals surface area (Å²) >= 11 is 0. The van der Waals surface area contributed by atoms with E-state index in [2.05, 4.69) is 15.3 Å². The number of ether oxygens (including phenoxy) is 2. The van der Waals surface area contributed by atoms with E-state index in [1.165, 1.54) is 6.33 Å². The molecule has 1 heterocycles. The van der Waals surface area contributed by atoms with Gasteiger partial charge in [-0.15, -0.1) is 0 Å². The number of nitrogens with one attached hydrogen (secondary N) is 1. The molecule has 0 atom stereocenters. The molecule has 1 N–H and O–H groups in total. The lowest BCUT2D eigenvalue weighted by molar-refractivity contribution is -0.383. The molecule has 0 saturated heterocycles. The molecule has 3 aromatic carbocycles. The standard InChI is InChI=1S/C27H27N5O4/c1-35-16-17-36-24-14-12-23(13-15-24)30-26-25(32(33)34)27(29-20-28-26)31(18-21-8-4-2-5-9-21)19-22-10-6-3-7-11-22/h2-15,20H,16-19H2,1H3,(H,28,29,30). The van der Waals surface area contributed by atoms with Gasteiger partial charge in [0, 0.05) is 25.9 Å². The van der Waals surface area contributed by atoms with Crippen LogP contribution >= 0.6 is 0 Å². The van der Waals surface area contributed by atoms with E-state index < -0.39 is 4.92 Å². The molecular weight excluding hydrogens is 458 g/mol. The molecule has 4 aromatic rings. The van der Waals surface area contributed by atoms with Crippen molar-refractivity contribution >= 4 is 23.0 Å². The average molecular weight is 486 g/mol. The minimum atomic E-state index is -0.442. The van der Waals surface area contributed by atoms with Crippen LogP contribution in [-0.4, -0.2) is 35.2 Å². The third kappa shape index (κ3) is 6.55. The van der Waals surface area contributed by atoms with Gasteiger partial charge in [0.25, 0.3) is 0 Å². The van der Waals surface area contributed by atoms with Crippen molar-refractivity contribution in [2.75, 3.05) is 30.5 Å². The second-order valence-corrected chi connectivity index (χ2v) is 7.97. The molecule has 0 bridgehead atoms. The minimum Gasteiger partial charge on any atom is -0.491 e. The van der Waals surface area contributed by atoms with Crippen LogP contribution in [0.3, 0.4) is 0 Å². The maximum absolute atomic E-state index is 12.3. The SMILES string of the molecule is COCCOc1ccc(Nc2ncnc(N(Cc3ccccc3)Cc3ccccc3)c2[N+](=O)[O-])cc1. The van der Waals surface area contributed by atoms with Crippen molar-refractivity contribution in [3.05, 3.63) is 112 Å². The highest BCUT2D eigenvalue weighted by atomic mass is 16.6. The summed E-state index contributed by atoms with van der Waals surface area (Å²) in [4.78, 5) is 22.3. The third-order valence-corrected chi connectivity index (χ3v) is 5.39. The zero-order valence-electron chi connectivity index (χ0n) is 19.9. The minimum absolute atomic E-state index is 0.115. The first-order valence-electron chi connectivity index (χ1n) is 11.4. The van der Waals surface area contributed by atoms with Crippen molar-refractivity contribution in [3.63, 3.8) is 0 Å². The van der Waals surface area contributed by atoms with Crippen LogP contribution < -0.4 is 15.0 Å². The van der Waals surface area contributed by atoms with E-state index in [0.717, 1.165) is 11.1 Å². The number of anilines is 3. The number of nitrogens with zero attached hydrogens (tertiary/aromatic N) is 4. The topological polar surface area (TPSA) is 103 Å². The monoisotopic (exact) mass is 485 g/mol. The maximum Gasteiger partial charge on any atom is 0.353 e. The number of hydrogen-bond donors (Lipinski definition) is 1. The quantitative estimate of drug-likeness (QED) is 0.163. The Balaban J connectivity index is 1.64. The fourth-order valence-corrected chi connectivity index (χ4v) is 3.69. The van der Waals surface area contributed by atoms with Gasteiger partial charge in [0.1, 0.15) is 18.7 Å². The molecular formula is C27H27N5O4. The summed E-state index contributed by atoms with van der Waals surface area (Å²) in [6.45, 7) is 1.81. The Morgan fingerprint density at radius 2 is 1.47 bits per heavy atom. The molecule has 0 aliphatic carbocycles. The third-order valence-electron chi connectivity index (χ3n) is 5.39. The lowest BCUT2D eigenvalue weighted by atomic mass is 10.1. The van der Waals surface area contributed by atoms with Gasteiger partial charge in [-0.25, -0.2) is 9.97 Å². The Morgan fingerprint density at radius 3 is 2.03 bits per heavy atom. The molecule has 0 amide bonds. The highest BCUT2D eigenvalue weighted by molar-refractivity contribution is 5.74. The zero-order valence-corrected chi connectivity index (χ0v) is 19.9. The second kappa shape index (κ2) is 12.3. The van der Waals surface area contributed by atoms with Gasteiger partial charge in [-0.1, -0.05) is 60.7 Å². The van der Waals surface area contributed by atoms with E-state index in [1.54, 1.807) is 31.4 Å². The Kier molecular flexibility index (Phi) is 8.39. The molecule has 0 unspecified atom stereocenters. The molecule has 1 aromatic heterocycles. The molecule has 4 rings (SSSR count). The molecule has 36 heavy (non-hydrogen) atoms. The summed E-state index contributed by atoms with van der Waals surface area (Å²) in [7, 11) is 1.61. The summed E-state index contributed by atoms with van der Waals surface area (Å²) in [5.41, 5.74) is 2.48. The van der Waals surface area contributed by atoms with Gasteiger partial charge in [0.15, 0.2) is 0 Å². The predicted octanol–water partition coefficient (Wildman–Crippen LogP) is 5.36. The summed E-state index contributed by atoms with van der Waals surface area (Å²) in [6.07, 6.45) is 1.34. The van der Waals surface area contributed by atoms with E-state index in [9.17, 15) is 10.1 Å². The molecule has 0 spiro atoms. The van der Waals surface area contributed by atoms with Crippen LogP contribution in [0.25, 0.3) is 0 Å². The van der Waals surface area contributed by atoms with Crippen molar-refractivity contribution in [2.24, 2.45) is 0 Å². The molecule has 0 aliphatic rings. The fourth-order valence-electron chi connectivity index (χ4n) is 3.69. The summed E-state index contributed by atoms with van der Waals surface area (Å²) in [5.74, 6) is 1.03. The molecule has 0 aliphatic heterocycles. The first-order chi connectivity index (χ1) is 17.6. The smallest absolute Gasteiger partial charge is 0.353 e. The fraction of sp³-hybridized carbons (Fsp3) is 0.185. The van der Waals surface area contributed by atoms with Crippen molar-refractivity contribution < 1.29 is 14.4 Å². The van der Waals surface area contributed by atoms with Crippen molar-refractivity contribution in [3.8, 4) is 5.75 Å². The number of aromatic nitrogens is 2. The number of methoxy groups -OCH3 is 1. The normalized spacial score (nSPS) is 10.6. The van der Waals surface area contributed by atoms with Crippen LogP contribution in [0.5, 0.6) is 5.75 Å². The lowest BCUT2D eigenvalue weighted by Gasteiger charge is -2.24. The van der Waals surface area contributed by atoms with Crippen LogP contribution in [0.15, 0.2) is 91.3 Å². The van der Waals surface area contributed by atoms with Crippen molar-refractivity contribution in [2.45, 2.75) is 13.1 Å². The van der Waals surface area contributed by atoms with Gasteiger partial charge in [0.05, 0.1) is 11.5 Å². The Hall–Kier alpha value is -4.50. The number of benzene rings is 3. The van der Waals surface area contributed by atoms with E-state index in [1.807, 2.05) is 65.6 Å². The predicted molar refractivity (Wildman–Crippen MR) is 139 cm³/mol. The van der Waals surface area contributed by atoms with Gasteiger partial charge < -0.3 is 19.7 Å². The molecule has 9 heteroatoms. The number of rotatable bonds is 12. The Morgan fingerprint density at radius 1 is 0.861 bits per heavy atom. The first kappa shape index (κ1) is 24.6. The maximum atomic E-state index is 12.3. The highest BCUT2D eigenvalue weighted by Crippen LogP contribution is 2.35. The Bertz CT molecular complexity index is 1210. The van der Waals surface area contributed by atoms with Gasteiger partial charge in [0.2, 0.25) is 11.6 Å². The van der Waals surface area contributed by atoms with Crippen molar-refractivity contribution in [1.29, 1.82) is 0 Å². The number of hydrogen-bond acceptors (Lipinski definition) is 8. The molecule has 184 valence electrons. The zero-order chi connectivity index (χ0) is 25.2. The summed E-state index contributed by atoms with van der Waals surface area (Å²) < 4.78 is 10.6. The molecule has 0 saturated carbocycles. The van der Waals surface area contributed by atoms with Gasteiger partial charge in [-0.3, -0.25) is 10.1 Å². The molecule has 0 radical (unpaired) electrons. The van der Waals surface area contributed by atoms with Crippen molar-refractivity contribution in [1.82, 2.24) is 9.97 Å². The summed E-state index contributed by atoms with van der Waals surface area (Å²) in [5, 5.41) is 15.3. The second-order valence-electron chi connectivity index (χ2n) is 7.97. The lowest BCUT2D eigenvalue weighted by Crippen LogP contribution is -2.24. The van der Waals surface area contributed by atoms with E-state index >= 15 is 0 Å². The Labute approximate surface area is 209 Å². The van der Waals surface area contributed by atoms with Gasteiger partial charge in [-0.2, -0.15) is 0 Å². The molecule has 0 fully saturated rings. The van der Waals surface area contributed by atoms with Crippen LogP contribution in [-0.2, 0) is 17.8 Å². The first-order valence-corrected chi connectivity index (χ1v) is 11.4. The summed E-state index contributed by atoms with van der Waals surface area (Å²) in [6, 6.07) is 26.7. The van der Waals surface area contributed by atoms with Crippen LogP contribution in [0, 0.1) is 10.1 Å². The number of nitro groups is 1. The van der Waals surface area contributed by atoms with Gasteiger partial charge in [-0.05, 0) is 35.4 Å². The highest BCUT2D eigenvalue weighted by Gasteiger charge is 2.27. The van der Waals surface area contributed by atoms with Crippen LogP contribution in [0.1, 0.15) is 11.1 Å².